The second kappa shape index (κ2) is 6.32. The van der Waals surface area contributed by atoms with Crippen LogP contribution in [-0.2, 0) is 0 Å². The van der Waals surface area contributed by atoms with Gasteiger partial charge in [-0.2, -0.15) is 0 Å². The Bertz CT molecular complexity index is 634. The summed E-state index contributed by atoms with van der Waals surface area (Å²) in [5.74, 6) is 0.00226. The van der Waals surface area contributed by atoms with E-state index in [-0.39, 0.29) is 5.84 Å². The van der Waals surface area contributed by atoms with E-state index >= 15 is 0 Å². The van der Waals surface area contributed by atoms with Gasteiger partial charge in [0, 0.05) is 19.8 Å². The first-order valence-corrected chi connectivity index (χ1v) is 7.30. The Morgan fingerprint density at radius 3 is 2.63 bits per heavy atom. The van der Waals surface area contributed by atoms with Gasteiger partial charge in [-0.3, -0.25) is 0 Å². The van der Waals surface area contributed by atoms with Gasteiger partial charge >= 0.3 is 0 Å². The number of nitrogens with two attached hydrogens (primary N) is 1. The van der Waals surface area contributed by atoms with Crippen LogP contribution in [0.15, 0.2) is 61.9 Å². The molecule has 0 bridgehead atoms. The zero-order valence-corrected chi connectivity index (χ0v) is 12.8. The fourth-order valence-electron chi connectivity index (χ4n) is 1.48. The Hall–Kier alpha value is -1.17. The van der Waals surface area contributed by atoms with Crippen molar-refractivity contribution in [1.82, 2.24) is 0 Å². The first-order chi connectivity index (χ1) is 9.11. The highest BCUT2D eigenvalue weighted by molar-refractivity contribution is 9.10. The van der Waals surface area contributed by atoms with Crippen LogP contribution in [0.25, 0.3) is 0 Å². The monoisotopic (exact) mass is 356 g/mol. The van der Waals surface area contributed by atoms with Crippen LogP contribution in [0, 0.1) is 0 Å². The second-order valence-electron chi connectivity index (χ2n) is 3.66. The molecule has 0 aliphatic heterocycles. The van der Waals surface area contributed by atoms with Crippen LogP contribution >= 0.6 is 39.3 Å². The Labute approximate surface area is 128 Å². The minimum Gasteiger partial charge on any atom is -0.409 e. The zero-order valence-electron chi connectivity index (χ0n) is 9.68. The largest absolute Gasteiger partial charge is 0.409 e. The van der Waals surface area contributed by atoms with Gasteiger partial charge in [-0.25, -0.2) is 0 Å². The molecule has 0 spiro atoms. The smallest absolute Gasteiger partial charge is 0.171 e. The molecule has 3 nitrogen and oxygen atoms in total. The number of nitrogens with zero attached hydrogens (tertiary/aromatic N) is 1. The van der Waals surface area contributed by atoms with Gasteiger partial charge in [0.2, 0.25) is 0 Å². The van der Waals surface area contributed by atoms with E-state index in [0.29, 0.717) is 10.6 Å². The highest BCUT2D eigenvalue weighted by atomic mass is 79.9. The quantitative estimate of drug-likeness (QED) is 0.371. The first kappa shape index (κ1) is 14.2. The summed E-state index contributed by atoms with van der Waals surface area (Å²) in [6.07, 6.45) is 0. The average Bonchev–Trinajstić information content (AvgIpc) is 2.41. The van der Waals surface area contributed by atoms with Crippen molar-refractivity contribution >= 4 is 45.1 Å². The third-order valence-corrected chi connectivity index (χ3v) is 4.72. The van der Waals surface area contributed by atoms with E-state index in [4.69, 9.17) is 22.5 Å². The summed E-state index contributed by atoms with van der Waals surface area (Å²) in [4.78, 5) is 2.07. The maximum atomic E-state index is 8.65. The SMILES string of the molecule is NC(=NO)c1ccc(Sc2ccccc2Br)cc1Cl. The van der Waals surface area contributed by atoms with E-state index in [2.05, 4.69) is 21.1 Å². The van der Waals surface area contributed by atoms with Gasteiger partial charge < -0.3 is 10.9 Å². The standard InChI is InChI=1S/C13H10BrClN2OS/c14-10-3-1-2-4-12(10)19-8-5-6-9(11(15)7-8)13(16)17-18/h1-7,18H,(H2,16,17). The molecule has 0 amide bonds. The Balaban J connectivity index is 2.29. The molecule has 0 aliphatic rings. The molecule has 0 heterocycles. The molecule has 0 aliphatic carbocycles. The molecule has 6 heteroatoms. The third-order valence-electron chi connectivity index (χ3n) is 2.39. The van der Waals surface area contributed by atoms with Gasteiger partial charge in [0.05, 0.1) is 5.02 Å². The second-order valence-corrected chi connectivity index (χ2v) is 6.04. The highest BCUT2D eigenvalue weighted by Gasteiger charge is 2.08. The van der Waals surface area contributed by atoms with Gasteiger partial charge in [0.25, 0.3) is 0 Å². The van der Waals surface area contributed by atoms with Crippen LogP contribution in [0.5, 0.6) is 0 Å². The predicted octanol–water partition coefficient (Wildman–Crippen LogP) is 4.35. The molecule has 0 fully saturated rings. The first-order valence-electron chi connectivity index (χ1n) is 5.31. The van der Waals surface area contributed by atoms with E-state index < -0.39 is 0 Å². The van der Waals surface area contributed by atoms with Crippen molar-refractivity contribution in [2.75, 3.05) is 0 Å². The van der Waals surface area contributed by atoms with Crippen molar-refractivity contribution in [3.8, 4) is 0 Å². The molecule has 2 rings (SSSR count). The molecule has 3 N–H and O–H groups in total. The summed E-state index contributed by atoms with van der Waals surface area (Å²) >= 11 is 11.2. The van der Waals surface area contributed by atoms with Crippen molar-refractivity contribution < 1.29 is 5.21 Å². The van der Waals surface area contributed by atoms with Crippen molar-refractivity contribution in [3.63, 3.8) is 0 Å². The molecule has 0 aromatic heterocycles. The number of halogens is 2. The molecule has 0 saturated heterocycles. The van der Waals surface area contributed by atoms with Crippen LogP contribution in [-0.4, -0.2) is 11.0 Å². The summed E-state index contributed by atoms with van der Waals surface area (Å²) in [7, 11) is 0. The lowest BCUT2D eigenvalue weighted by molar-refractivity contribution is 0.318. The number of hydrogen-bond acceptors (Lipinski definition) is 3. The fourth-order valence-corrected chi connectivity index (χ4v) is 3.22. The van der Waals surface area contributed by atoms with Gasteiger partial charge in [-0.1, -0.05) is 40.7 Å². The summed E-state index contributed by atoms with van der Waals surface area (Å²) in [5.41, 5.74) is 6.04. The van der Waals surface area contributed by atoms with Crippen molar-refractivity contribution in [3.05, 3.63) is 57.5 Å². The Kier molecular flexibility index (Phi) is 4.74. The molecule has 0 atom stereocenters. The lowest BCUT2D eigenvalue weighted by Crippen LogP contribution is -2.13. The maximum Gasteiger partial charge on any atom is 0.171 e. The summed E-state index contributed by atoms with van der Waals surface area (Å²) in [6, 6.07) is 13.3. The topological polar surface area (TPSA) is 58.6 Å². The molecular formula is C13H10BrClN2OS. The minimum atomic E-state index is 0.00226. The highest BCUT2D eigenvalue weighted by Crippen LogP contribution is 2.34. The molecule has 0 unspecified atom stereocenters. The normalized spacial score (nSPS) is 11.6. The van der Waals surface area contributed by atoms with Crippen LogP contribution in [0.3, 0.4) is 0 Å². The molecule has 98 valence electrons. The Morgan fingerprint density at radius 2 is 2.00 bits per heavy atom. The summed E-state index contributed by atoms with van der Waals surface area (Å²) in [6.45, 7) is 0. The van der Waals surface area contributed by atoms with E-state index in [1.165, 1.54) is 0 Å². The molecular weight excluding hydrogens is 348 g/mol. The van der Waals surface area contributed by atoms with Gasteiger partial charge in [-0.05, 0) is 46.3 Å². The van der Waals surface area contributed by atoms with E-state index in [1.54, 1.807) is 23.9 Å². The summed E-state index contributed by atoms with van der Waals surface area (Å²) in [5, 5.41) is 12.0. The molecule has 19 heavy (non-hydrogen) atoms. The number of hydrogen-bond donors (Lipinski definition) is 2. The number of benzene rings is 2. The molecule has 0 radical (unpaired) electrons. The lowest BCUT2D eigenvalue weighted by atomic mass is 10.2. The number of amidine groups is 1. The van der Waals surface area contributed by atoms with Crippen LogP contribution in [0.4, 0.5) is 0 Å². The average molecular weight is 358 g/mol. The Morgan fingerprint density at radius 1 is 1.26 bits per heavy atom. The molecule has 2 aromatic carbocycles. The third kappa shape index (κ3) is 3.43. The van der Waals surface area contributed by atoms with Gasteiger partial charge in [0.1, 0.15) is 0 Å². The fraction of sp³-hybridized carbons (Fsp3) is 0. The van der Waals surface area contributed by atoms with E-state index in [0.717, 1.165) is 14.3 Å². The van der Waals surface area contributed by atoms with Gasteiger partial charge in [0.15, 0.2) is 5.84 Å². The van der Waals surface area contributed by atoms with Crippen LogP contribution in [0.1, 0.15) is 5.56 Å². The molecule has 0 saturated carbocycles. The van der Waals surface area contributed by atoms with E-state index in [9.17, 15) is 0 Å². The lowest BCUT2D eigenvalue weighted by Gasteiger charge is -2.07. The minimum absolute atomic E-state index is 0.00226. The van der Waals surface area contributed by atoms with Gasteiger partial charge in [-0.15, -0.1) is 0 Å². The number of oxime groups is 1. The van der Waals surface area contributed by atoms with Crippen molar-refractivity contribution in [2.24, 2.45) is 10.9 Å². The zero-order chi connectivity index (χ0) is 13.8. The van der Waals surface area contributed by atoms with E-state index in [1.807, 2.05) is 30.3 Å². The summed E-state index contributed by atoms with van der Waals surface area (Å²) < 4.78 is 1.02. The number of rotatable bonds is 3. The van der Waals surface area contributed by atoms with Crippen LogP contribution in [0.2, 0.25) is 5.02 Å². The van der Waals surface area contributed by atoms with Crippen LogP contribution < -0.4 is 5.73 Å². The van der Waals surface area contributed by atoms with Crippen molar-refractivity contribution in [1.29, 1.82) is 0 Å². The van der Waals surface area contributed by atoms with Crippen molar-refractivity contribution in [2.45, 2.75) is 9.79 Å². The maximum absolute atomic E-state index is 8.65. The molecule has 2 aromatic rings. The predicted molar refractivity (Wildman–Crippen MR) is 82.2 cm³/mol.